The van der Waals surface area contributed by atoms with Gasteiger partial charge in [0.1, 0.15) is 5.75 Å². The average molecular weight is 277 g/mol. The molecular weight excluding hydrogens is 260 g/mol. The number of nitrogens with one attached hydrogen (secondary N) is 1. The van der Waals surface area contributed by atoms with Crippen LogP contribution in [-0.2, 0) is 6.54 Å². The molecule has 0 atom stereocenters. The number of halogens is 1. The van der Waals surface area contributed by atoms with Crippen LogP contribution in [0.2, 0.25) is 5.02 Å². The van der Waals surface area contributed by atoms with Gasteiger partial charge in [-0.05, 0) is 50.7 Å². The number of ether oxygens (including phenoxy) is 1. The van der Waals surface area contributed by atoms with Gasteiger partial charge in [-0.15, -0.1) is 0 Å². The third-order valence-corrected chi connectivity index (χ3v) is 3.04. The van der Waals surface area contributed by atoms with Gasteiger partial charge in [-0.2, -0.15) is 0 Å². The Morgan fingerprint density at radius 1 is 1.26 bits per heavy atom. The van der Waals surface area contributed by atoms with Crippen LogP contribution in [0.3, 0.4) is 0 Å². The Morgan fingerprint density at radius 2 is 2.05 bits per heavy atom. The van der Waals surface area contributed by atoms with Crippen LogP contribution in [0.25, 0.3) is 0 Å². The highest BCUT2D eigenvalue weighted by Crippen LogP contribution is 2.27. The lowest BCUT2D eigenvalue weighted by Gasteiger charge is -2.13. The van der Waals surface area contributed by atoms with Crippen LogP contribution in [0.4, 0.5) is 0 Å². The molecule has 1 heterocycles. The Labute approximate surface area is 118 Å². The van der Waals surface area contributed by atoms with Gasteiger partial charge in [-0.25, -0.2) is 4.98 Å². The van der Waals surface area contributed by atoms with Crippen LogP contribution in [0, 0.1) is 13.8 Å². The van der Waals surface area contributed by atoms with Crippen molar-refractivity contribution in [3.63, 3.8) is 0 Å². The third-order valence-electron chi connectivity index (χ3n) is 2.80. The summed E-state index contributed by atoms with van der Waals surface area (Å²) in [5.74, 6) is 1.33. The fourth-order valence-corrected chi connectivity index (χ4v) is 2.13. The molecule has 0 unspecified atom stereocenters. The molecule has 2 rings (SSSR count). The highest BCUT2D eigenvalue weighted by Gasteiger charge is 2.10. The Kier molecular flexibility index (Phi) is 4.40. The Hall–Kier alpha value is -1.58. The van der Waals surface area contributed by atoms with E-state index in [0.29, 0.717) is 16.7 Å². The molecule has 0 saturated heterocycles. The molecule has 0 aliphatic rings. The van der Waals surface area contributed by atoms with Crippen molar-refractivity contribution >= 4 is 11.6 Å². The number of aromatic nitrogens is 1. The number of benzene rings is 1. The van der Waals surface area contributed by atoms with Crippen molar-refractivity contribution in [1.82, 2.24) is 10.3 Å². The summed E-state index contributed by atoms with van der Waals surface area (Å²) in [4.78, 5) is 4.47. The molecule has 0 spiro atoms. The van der Waals surface area contributed by atoms with E-state index in [1.54, 1.807) is 6.07 Å². The van der Waals surface area contributed by atoms with Crippen molar-refractivity contribution in [3.8, 4) is 11.6 Å². The number of pyridine rings is 1. The van der Waals surface area contributed by atoms with E-state index in [2.05, 4.69) is 23.3 Å². The molecule has 1 N–H and O–H groups in total. The SMILES string of the molecule is CNCc1c(C)cc(C)nc1Oc1cccc(Cl)c1. The Bertz CT molecular complexity index is 584. The van der Waals surface area contributed by atoms with Crippen molar-refractivity contribution in [2.45, 2.75) is 20.4 Å². The largest absolute Gasteiger partial charge is 0.439 e. The lowest BCUT2D eigenvalue weighted by molar-refractivity contribution is 0.452. The molecule has 0 radical (unpaired) electrons. The smallest absolute Gasteiger partial charge is 0.224 e. The van der Waals surface area contributed by atoms with E-state index in [0.717, 1.165) is 17.8 Å². The minimum atomic E-state index is 0.633. The van der Waals surface area contributed by atoms with Gasteiger partial charge in [0.05, 0.1) is 0 Å². The van der Waals surface area contributed by atoms with Gasteiger partial charge in [0, 0.05) is 22.8 Å². The zero-order chi connectivity index (χ0) is 13.8. The molecule has 2 aromatic rings. The zero-order valence-electron chi connectivity index (χ0n) is 11.3. The normalized spacial score (nSPS) is 10.5. The zero-order valence-corrected chi connectivity index (χ0v) is 12.1. The van der Waals surface area contributed by atoms with E-state index >= 15 is 0 Å². The number of nitrogens with zero attached hydrogens (tertiary/aromatic N) is 1. The van der Waals surface area contributed by atoms with Crippen LogP contribution < -0.4 is 10.1 Å². The number of hydrogen-bond donors (Lipinski definition) is 1. The highest BCUT2D eigenvalue weighted by molar-refractivity contribution is 6.30. The van der Waals surface area contributed by atoms with Crippen LogP contribution in [0.1, 0.15) is 16.8 Å². The second kappa shape index (κ2) is 6.04. The van der Waals surface area contributed by atoms with Crippen molar-refractivity contribution in [1.29, 1.82) is 0 Å². The Morgan fingerprint density at radius 3 is 2.74 bits per heavy atom. The monoisotopic (exact) mass is 276 g/mol. The van der Waals surface area contributed by atoms with Gasteiger partial charge in [-0.1, -0.05) is 17.7 Å². The first-order valence-corrected chi connectivity index (χ1v) is 6.53. The van der Waals surface area contributed by atoms with Crippen molar-refractivity contribution in [2.75, 3.05) is 7.05 Å². The van der Waals surface area contributed by atoms with E-state index in [1.807, 2.05) is 32.2 Å². The maximum Gasteiger partial charge on any atom is 0.224 e. The minimum Gasteiger partial charge on any atom is -0.439 e. The van der Waals surface area contributed by atoms with E-state index in [1.165, 1.54) is 5.56 Å². The van der Waals surface area contributed by atoms with Gasteiger partial charge in [0.15, 0.2) is 0 Å². The van der Waals surface area contributed by atoms with Crippen LogP contribution in [0.15, 0.2) is 30.3 Å². The number of hydrogen-bond acceptors (Lipinski definition) is 3. The molecule has 0 fully saturated rings. The molecule has 3 nitrogen and oxygen atoms in total. The first kappa shape index (κ1) is 13.8. The Balaban J connectivity index is 2.38. The fourth-order valence-electron chi connectivity index (χ4n) is 1.95. The number of aryl methyl sites for hydroxylation is 2. The summed E-state index contributed by atoms with van der Waals surface area (Å²) in [6.45, 7) is 4.74. The summed E-state index contributed by atoms with van der Waals surface area (Å²) in [6.07, 6.45) is 0. The first-order chi connectivity index (χ1) is 9.10. The van der Waals surface area contributed by atoms with Gasteiger partial charge in [0.25, 0.3) is 0 Å². The molecule has 0 amide bonds. The summed E-state index contributed by atoms with van der Waals surface area (Å²) in [6, 6.07) is 9.38. The summed E-state index contributed by atoms with van der Waals surface area (Å²) in [7, 11) is 1.91. The van der Waals surface area contributed by atoms with Crippen molar-refractivity contribution in [3.05, 3.63) is 52.2 Å². The van der Waals surface area contributed by atoms with E-state index in [9.17, 15) is 0 Å². The second-order valence-corrected chi connectivity index (χ2v) is 4.89. The topological polar surface area (TPSA) is 34.2 Å². The first-order valence-electron chi connectivity index (χ1n) is 6.15. The lowest BCUT2D eigenvalue weighted by atomic mass is 10.1. The molecule has 4 heteroatoms. The third kappa shape index (κ3) is 3.46. The fraction of sp³-hybridized carbons (Fsp3) is 0.267. The molecular formula is C15H17ClN2O. The van der Waals surface area contributed by atoms with Gasteiger partial charge < -0.3 is 10.1 Å². The second-order valence-electron chi connectivity index (χ2n) is 4.45. The van der Waals surface area contributed by atoms with Crippen LogP contribution >= 0.6 is 11.6 Å². The molecule has 1 aromatic heterocycles. The van der Waals surface area contributed by atoms with Crippen LogP contribution in [0.5, 0.6) is 11.6 Å². The maximum atomic E-state index is 5.96. The molecule has 0 aliphatic carbocycles. The van der Waals surface area contributed by atoms with Crippen LogP contribution in [-0.4, -0.2) is 12.0 Å². The van der Waals surface area contributed by atoms with Gasteiger partial charge >= 0.3 is 0 Å². The lowest BCUT2D eigenvalue weighted by Crippen LogP contribution is -2.09. The summed E-state index contributed by atoms with van der Waals surface area (Å²) < 4.78 is 5.87. The van der Waals surface area contributed by atoms with E-state index < -0.39 is 0 Å². The summed E-state index contributed by atoms with van der Waals surface area (Å²) >= 11 is 5.96. The maximum absolute atomic E-state index is 5.96. The van der Waals surface area contributed by atoms with E-state index in [4.69, 9.17) is 16.3 Å². The molecule has 0 bridgehead atoms. The quantitative estimate of drug-likeness (QED) is 0.921. The van der Waals surface area contributed by atoms with Crippen molar-refractivity contribution < 1.29 is 4.74 Å². The summed E-state index contributed by atoms with van der Waals surface area (Å²) in [5, 5.41) is 3.79. The van der Waals surface area contributed by atoms with Gasteiger partial charge in [0.2, 0.25) is 5.88 Å². The highest BCUT2D eigenvalue weighted by atomic mass is 35.5. The number of rotatable bonds is 4. The van der Waals surface area contributed by atoms with Crippen molar-refractivity contribution in [2.24, 2.45) is 0 Å². The average Bonchev–Trinajstić information content (AvgIpc) is 2.33. The standard InChI is InChI=1S/C15H17ClN2O/c1-10-7-11(2)18-15(14(10)9-17-3)19-13-6-4-5-12(16)8-13/h4-8,17H,9H2,1-3H3. The van der Waals surface area contributed by atoms with E-state index in [-0.39, 0.29) is 0 Å². The molecule has 19 heavy (non-hydrogen) atoms. The minimum absolute atomic E-state index is 0.633. The molecule has 100 valence electrons. The predicted molar refractivity (Wildman–Crippen MR) is 78.0 cm³/mol. The summed E-state index contributed by atoms with van der Waals surface area (Å²) in [5.41, 5.74) is 3.17. The molecule has 0 aliphatic heterocycles. The molecule has 0 saturated carbocycles. The predicted octanol–water partition coefficient (Wildman–Crippen LogP) is 3.86. The molecule has 1 aromatic carbocycles. The van der Waals surface area contributed by atoms with Gasteiger partial charge in [-0.3, -0.25) is 0 Å².